The molecular formula is C16H17N3O3. The van der Waals surface area contributed by atoms with E-state index in [0.29, 0.717) is 18.9 Å². The van der Waals surface area contributed by atoms with Gasteiger partial charge in [0.15, 0.2) is 0 Å². The Hall–Kier alpha value is -2.76. The number of methoxy groups -OCH3 is 1. The second-order valence-electron chi connectivity index (χ2n) is 4.85. The summed E-state index contributed by atoms with van der Waals surface area (Å²) in [5.74, 6) is 1.48. The monoisotopic (exact) mass is 299 g/mol. The fourth-order valence-corrected chi connectivity index (χ4v) is 2.29. The van der Waals surface area contributed by atoms with Gasteiger partial charge in [0.25, 0.3) is 0 Å². The summed E-state index contributed by atoms with van der Waals surface area (Å²) in [6, 6.07) is 11.1. The first-order valence-electron chi connectivity index (χ1n) is 7.04. The number of fused-ring (bicyclic) bond motifs is 1. The first-order valence-corrected chi connectivity index (χ1v) is 7.04. The molecule has 2 heterocycles. The molecule has 0 saturated carbocycles. The number of ether oxygens (including phenoxy) is 2. The smallest absolute Gasteiger partial charge is 0.414 e. The van der Waals surface area contributed by atoms with Crippen molar-refractivity contribution < 1.29 is 14.3 Å². The van der Waals surface area contributed by atoms with Crippen molar-refractivity contribution in [2.24, 2.45) is 0 Å². The Morgan fingerprint density at radius 2 is 2.14 bits per heavy atom. The lowest BCUT2D eigenvalue weighted by atomic mass is 10.2. The van der Waals surface area contributed by atoms with Crippen LogP contribution in [0.4, 0.5) is 16.3 Å². The Morgan fingerprint density at radius 3 is 2.91 bits per heavy atom. The lowest BCUT2D eigenvalue weighted by Gasteiger charge is -2.28. The molecule has 0 aliphatic carbocycles. The van der Waals surface area contributed by atoms with Crippen LogP contribution in [0.3, 0.4) is 0 Å². The molecule has 1 aliphatic heterocycles. The zero-order valence-corrected chi connectivity index (χ0v) is 12.3. The van der Waals surface area contributed by atoms with Crippen molar-refractivity contribution >= 4 is 17.6 Å². The Bertz CT molecular complexity index is 658. The molecule has 0 fully saturated rings. The van der Waals surface area contributed by atoms with Gasteiger partial charge in [-0.3, -0.25) is 4.90 Å². The Morgan fingerprint density at radius 1 is 1.32 bits per heavy atom. The number of nitrogens with one attached hydrogen (secondary N) is 1. The van der Waals surface area contributed by atoms with Gasteiger partial charge < -0.3 is 14.8 Å². The Labute approximate surface area is 128 Å². The van der Waals surface area contributed by atoms with E-state index in [1.54, 1.807) is 24.3 Å². The van der Waals surface area contributed by atoms with E-state index in [1.165, 1.54) is 0 Å². The van der Waals surface area contributed by atoms with Crippen LogP contribution in [0.25, 0.3) is 0 Å². The predicted molar refractivity (Wildman–Crippen MR) is 83.3 cm³/mol. The normalized spacial score (nSPS) is 13.0. The van der Waals surface area contributed by atoms with Crippen LogP contribution in [-0.4, -0.2) is 31.3 Å². The summed E-state index contributed by atoms with van der Waals surface area (Å²) in [6.07, 6.45) is 1.32. The molecule has 0 spiro atoms. The number of hydrogen-bond acceptors (Lipinski definition) is 5. The maximum absolute atomic E-state index is 12.3. The van der Waals surface area contributed by atoms with Crippen molar-refractivity contribution in [1.82, 2.24) is 4.98 Å². The second kappa shape index (κ2) is 6.34. The highest BCUT2D eigenvalue weighted by molar-refractivity contribution is 5.92. The van der Waals surface area contributed by atoms with Gasteiger partial charge in [-0.25, -0.2) is 9.78 Å². The molecule has 6 heteroatoms. The summed E-state index contributed by atoms with van der Waals surface area (Å²) in [5.41, 5.74) is 1.66. The van der Waals surface area contributed by atoms with Crippen LogP contribution in [-0.2, 0) is 11.3 Å². The van der Waals surface area contributed by atoms with E-state index in [1.807, 2.05) is 30.3 Å². The molecule has 22 heavy (non-hydrogen) atoms. The number of benzene rings is 1. The first kappa shape index (κ1) is 14.2. The molecule has 0 saturated heterocycles. The van der Waals surface area contributed by atoms with Crippen molar-refractivity contribution in [2.45, 2.75) is 6.61 Å². The minimum atomic E-state index is -0.369. The van der Waals surface area contributed by atoms with Gasteiger partial charge in [0.2, 0.25) is 0 Å². The summed E-state index contributed by atoms with van der Waals surface area (Å²) in [5, 5.41) is 3.16. The molecule has 6 nitrogen and oxygen atoms in total. The van der Waals surface area contributed by atoms with E-state index in [2.05, 4.69) is 10.3 Å². The van der Waals surface area contributed by atoms with E-state index in [-0.39, 0.29) is 12.7 Å². The summed E-state index contributed by atoms with van der Waals surface area (Å²) in [6.45, 7) is 1.43. The van der Waals surface area contributed by atoms with Gasteiger partial charge in [-0.05, 0) is 29.8 Å². The zero-order valence-electron chi connectivity index (χ0n) is 12.3. The van der Waals surface area contributed by atoms with E-state index in [0.717, 1.165) is 17.0 Å². The van der Waals surface area contributed by atoms with E-state index < -0.39 is 0 Å². The van der Waals surface area contributed by atoms with Gasteiger partial charge in [0.05, 0.1) is 12.8 Å². The largest absolute Gasteiger partial charge is 0.497 e. The van der Waals surface area contributed by atoms with Crippen LogP contribution in [0.15, 0.2) is 42.6 Å². The second-order valence-corrected chi connectivity index (χ2v) is 4.85. The molecule has 3 rings (SSSR count). The van der Waals surface area contributed by atoms with Crippen LogP contribution in [0.5, 0.6) is 5.75 Å². The van der Waals surface area contributed by atoms with Crippen LogP contribution >= 0.6 is 0 Å². The molecule has 2 aromatic rings. The van der Waals surface area contributed by atoms with Crippen LogP contribution < -0.4 is 15.0 Å². The molecule has 0 radical (unpaired) electrons. The predicted octanol–water partition coefficient (Wildman–Crippen LogP) is 2.66. The molecule has 1 amide bonds. The lowest BCUT2D eigenvalue weighted by Crippen LogP contribution is -2.39. The van der Waals surface area contributed by atoms with Gasteiger partial charge in [-0.2, -0.15) is 0 Å². The van der Waals surface area contributed by atoms with E-state index in [9.17, 15) is 4.79 Å². The van der Waals surface area contributed by atoms with Gasteiger partial charge in [0, 0.05) is 19.3 Å². The molecule has 1 aliphatic rings. The summed E-state index contributed by atoms with van der Waals surface area (Å²) < 4.78 is 10.5. The Kier molecular flexibility index (Phi) is 4.09. The molecule has 1 N–H and O–H groups in total. The topological polar surface area (TPSA) is 63.7 Å². The molecule has 0 unspecified atom stereocenters. The van der Waals surface area contributed by atoms with Crippen LogP contribution in [0.2, 0.25) is 0 Å². The fraction of sp³-hybridized carbons (Fsp3) is 0.250. The summed E-state index contributed by atoms with van der Waals surface area (Å²) >= 11 is 0. The molecule has 0 atom stereocenters. The number of carbonyl (C=O) groups is 1. The highest BCUT2D eigenvalue weighted by atomic mass is 16.6. The molecule has 1 aromatic carbocycles. The minimum absolute atomic E-state index is 0.225. The van der Waals surface area contributed by atoms with Crippen LogP contribution in [0.1, 0.15) is 5.56 Å². The highest BCUT2D eigenvalue weighted by Crippen LogP contribution is 2.26. The molecular weight excluding hydrogens is 282 g/mol. The summed E-state index contributed by atoms with van der Waals surface area (Å²) in [7, 11) is 1.62. The summed E-state index contributed by atoms with van der Waals surface area (Å²) in [4.78, 5) is 18.1. The van der Waals surface area contributed by atoms with E-state index in [4.69, 9.17) is 9.47 Å². The van der Waals surface area contributed by atoms with Gasteiger partial charge in [0.1, 0.15) is 18.2 Å². The highest BCUT2D eigenvalue weighted by Gasteiger charge is 2.24. The third-order valence-electron chi connectivity index (χ3n) is 3.45. The molecule has 114 valence electrons. The number of anilines is 2. The number of hydrogen-bond donors (Lipinski definition) is 1. The number of pyridine rings is 1. The minimum Gasteiger partial charge on any atom is -0.497 e. The zero-order chi connectivity index (χ0) is 15.4. The SMILES string of the molecule is COc1ccc(COC(=O)N2CCNc3ncccc32)cc1. The Balaban J connectivity index is 1.65. The lowest BCUT2D eigenvalue weighted by molar-refractivity contribution is 0.147. The molecule has 1 aromatic heterocycles. The third-order valence-corrected chi connectivity index (χ3v) is 3.45. The maximum atomic E-state index is 12.3. The quantitative estimate of drug-likeness (QED) is 0.944. The average Bonchev–Trinajstić information content (AvgIpc) is 2.59. The average molecular weight is 299 g/mol. The maximum Gasteiger partial charge on any atom is 0.414 e. The number of aromatic nitrogens is 1. The van der Waals surface area contributed by atoms with Crippen molar-refractivity contribution in [3.05, 3.63) is 48.2 Å². The first-order chi connectivity index (χ1) is 10.8. The number of rotatable bonds is 3. The number of carbonyl (C=O) groups excluding carboxylic acids is 1. The number of nitrogens with zero attached hydrogens (tertiary/aromatic N) is 2. The van der Waals surface area contributed by atoms with Crippen molar-refractivity contribution in [3.63, 3.8) is 0 Å². The molecule has 0 bridgehead atoms. The van der Waals surface area contributed by atoms with E-state index >= 15 is 0 Å². The van der Waals surface area contributed by atoms with Gasteiger partial charge in [-0.15, -0.1) is 0 Å². The van der Waals surface area contributed by atoms with Gasteiger partial charge >= 0.3 is 6.09 Å². The fourth-order valence-electron chi connectivity index (χ4n) is 2.29. The van der Waals surface area contributed by atoms with Crippen molar-refractivity contribution in [1.29, 1.82) is 0 Å². The number of amides is 1. The van der Waals surface area contributed by atoms with Crippen molar-refractivity contribution in [3.8, 4) is 5.75 Å². The van der Waals surface area contributed by atoms with Gasteiger partial charge in [-0.1, -0.05) is 12.1 Å². The van der Waals surface area contributed by atoms with Crippen LogP contribution in [0, 0.1) is 0 Å². The standard InChI is InChI=1S/C16H17N3O3/c1-21-13-6-4-12(5-7-13)11-22-16(20)19-10-9-18-15-14(19)3-2-8-17-15/h2-8H,9-11H2,1H3,(H,17,18). The van der Waals surface area contributed by atoms with Crippen molar-refractivity contribution in [2.75, 3.05) is 30.4 Å². The third kappa shape index (κ3) is 2.95.